The van der Waals surface area contributed by atoms with Gasteiger partial charge in [0.15, 0.2) is 5.60 Å². The fourth-order valence-corrected chi connectivity index (χ4v) is 0.439. The number of ether oxygens (including phenoxy) is 1. The van der Waals surface area contributed by atoms with Crippen LogP contribution in [0.5, 0.6) is 0 Å². The Kier molecular flexibility index (Phi) is 3.35. The van der Waals surface area contributed by atoms with Gasteiger partial charge in [0.1, 0.15) is 0 Å². The van der Waals surface area contributed by atoms with Gasteiger partial charge in [-0.05, 0) is 20.3 Å². The molecule has 4 heteroatoms. The highest BCUT2D eigenvalue weighted by Gasteiger charge is 2.48. The highest BCUT2D eigenvalue weighted by atomic mass is 19.4. The average molecular weight is 170 g/mol. The molecule has 0 aromatic rings. The number of alkyl halides is 3. The summed E-state index contributed by atoms with van der Waals surface area (Å²) in [6.07, 6.45) is -3.68. The molecule has 0 bridgehead atoms. The second-order valence-corrected chi connectivity index (χ2v) is 2.86. The summed E-state index contributed by atoms with van der Waals surface area (Å²) in [4.78, 5) is 0. The highest BCUT2D eigenvalue weighted by Crippen LogP contribution is 2.32. The Hall–Kier alpha value is -0.250. The van der Waals surface area contributed by atoms with Crippen LogP contribution in [0, 0.1) is 0 Å². The molecule has 0 aromatic carbocycles. The minimum Gasteiger partial charge on any atom is -0.366 e. The van der Waals surface area contributed by atoms with Crippen molar-refractivity contribution >= 4 is 0 Å². The summed E-state index contributed by atoms with van der Waals surface area (Å²) < 4.78 is 40.7. The van der Waals surface area contributed by atoms with Gasteiger partial charge in [-0.15, -0.1) is 0 Å². The van der Waals surface area contributed by atoms with E-state index in [4.69, 9.17) is 0 Å². The molecule has 68 valence electrons. The maximum Gasteiger partial charge on any atom is 0.416 e. The number of hydrogen-bond acceptors (Lipinski definition) is 1. The molecule has 0 unspecified atom stereocenters. The van der Waals surface area contributed by atoms with Gasteiger partial charge in [-0.2, -0.15) is 13.2 Å². The first-order valence-electron chi connectivity index (χ1n) is 3.52. The Labute approximate surface area is 64.5 Å². The topological polar surface area (TPSA) is 9.23 Å². The first kappa shape index (κ1) is 10.8. The minimum atomic E-state index is -4.28. The molecule has 0 aromatic heterocycles. The van der Waals surface area contributed by atoms with E-state index in [0.717, 1.165) is 13.8 Å². The Morgan fingerprint density at radius 3 is 1.91 bits per heavy atom. The zero-order valence-corrected chi connectivity index (χ0v) is 6.96. The largest absolute Gasteiger partial charge is 0.416 e. The van der Waals surface area contributed by atoms with Crippen molar-refractivity contribution in [2.24, 2.45) is 0 Å². The van der Waals surface area contributed by atoms with Crippen LogP contribution in [0.25, 0.3) is 0 Å². The van der Waals surface area contributed by atoms with Gasteiger partial charge < -0.3 is 4.74 Å². The van der Waals surface area contributed by atoms with Crippen LogP contribution in [0.3, 0.4) is 0 Å². The molecule has 0 aliphatic heterocycles. The second-order valence-electron chi connectivity index (χ2n) is 2.86. The Balaban J connectivity index is 4.00. The van der Waals surface area contributed by atoms with Gasteiger partial charge in [0.05, 0.1) is 0 Å². The Bertz CT molecular complexity index is 117. The smallest absolute Gasteiger partial charge is 0.366 e. The summed E-state index contributed by atoms with van der Waals surface area (Å²) in [6.45, 7) is 3.98. The lowest BCUT2D eigenvalue weighted by Gasteiger charge is -2.27. The third kappa shape index (κ3) is 3.10. The van der Waals surface area contributed by atoms with Crippen molar-refractivity contribution < 1.29 is 17.9 Å². The van der Waals surface area contributed by atoms with Gasteiger partial charge in [-0.25, -0.2) is 0 Å². The first-order valence-corrected chi connectivity index (χ1v) is 3.52. The van der Waals surface area contributed by atoms with E-state index in [9.17, 15) is 13.2 Å². The summed E-state index contributed by atoms with van der Waals surface area (Å²) in [5.74, 6) is 0. The molecule has 0 rings (SSSR count). The van der Waals surface area contributed by atoms with Crippen LogP contribution < -0.4 is 0 Å². The lowest BCUT2D eigenvalue weighted by Crippen LogP contribution is -2.41. The number of rotatable bonds is 3. The van der Waals surface area contributed by atoms with E-state index in [2.05, 4.69) is 4.74 Å². The van der Waals surface area contributed by atoms with Gasteiger partial charge in [-0.1, -0.05) is 6.92 Å². The van der Waals surface area contributed by atoms with Crippen LogP contribution in [0.1, 0.15) is 27.2 Å². The number of hydrogen-bond donors (Lipinski definition) is 0. The molecule has 0 aliphatic rings. The Morgan fingerprint density at radius 2 is 1.64 bits per heavy atom. The molecule has 0 spiro atoms. The molecular weight excluding hydrogens is 157 g/mol. The predicted octanol–water partition coefficient (Wildman–Crippen LogP) is 2.75. The van der Waals surface area contributed by atoms with Gasteiger partial charge >= 0.3 is 6.18 Å². The summed E-state index contributed by atoms with van der Waals surface area (Å²) in [5, 5.41) is 0. The van der Waals surface area contributed by atoms with Crippen LogP contribution in [-0.2, 0) is 4.74 Å². The summed E-state index contributed by atoms with van der Waals surface area (Å²) >= 11 is 0. The van der Waals surface area contributed by atoms with Crippen molar-refractivity contribution in [3.05, 3.63) is 0 Å². The molecule has 0 aliphatic carbocycles. The van der Waals surface area contributed by atoms with Crippen molar-refractivity contribution in [2.45, 2.75) is 39.0 Å². The highest BCUT2D eigenvalue weighted by molar-refractivity contribution is 4.77. The van der Waals surface area contributed by atoms with Crippen LogP contribution >= 0.6 is 0 Å². The zero-order chi connectivity index (χ0) is 9.12. The van der Waals surface area contributed by atoms with E-state index >= 15 is 0 Å². The van der Waals surface area contributed by atoms with E-state index in [1.54, 1.807) is 6.92 Å². The van der Waals surface area contributed by atoms with Gasteiger partial charge in [0, 0.05) is 6.61 Å². The van der Waals surface area contributed by atoms with E-state index in [-0.39, 0.29) is 6.61 Å². The second kappa shape index (κ2) is 3.43. The van der Waals surface area contributed by atoms with Crippen molar-refractivity contribution in [2.75, 3.05) is 6.61 Å². The van der Waals surface area contributed by atoms with Gasteiger partial charge in [0.2, 0.25) is 0 Å². The van der Waals surface area contributed by atoms with E-state index < -0.39 is 11.8 Å². The molecule has 11 heavy (non-hydrogen) atoms. The molecule has 0 heterocycles. The fraction of sp³-hybridized carbons (Fsp3) is 1.00. The first-order chi connectivity index (χ1) is 4.81. The van der Waals surface area contributed by atoms with Gasteiger partial charge in [0.25, 0.3) is 0 Å². The average Bonchev–Trinajstić information content (AvgIpc) is 1.81. The maximum atomic E-state index is 12.0. The van der Waals surface area contributed by atoms with Crippen molar-refractivity contribution in [3.8, 4) is 0 Å². The van der Waals surface area contributed by atoms with Gasteiger partial charge in [-0.3, -0.25) is 0 Å². The molecule has 1 nitrogen and oxygen atoms in total. The van der Waals surface area contributed by atoms with E-state index in [1.165, 1.54) is 0 Å². The monoisotopic (exact) mass is 170 g/mol. The zero-order valence-electron chi connectivity index (χ0n) is 6.96. The molecule has 0 saturated heterocycles. The molecule has 0 atom stereocenters. The molecule has 0 saturated carbocycles. The maximum absolute atomic E-state index is 12.0. The normalized spacial score (nSPS) is 13.6. The Morgan fingerprint density at radius 1 is 1.18 bits per heavy atom. The number of halogens is 3. The fourth-order valence-electron chi connectivity index (χ4n) is 0.439. The quantitative estimate of drug-likeness (QED) is 0.632. The molecule has 0 amide bonds. The van der Waals surface area contributed by atoms with Crippen LogP contribution in [0.2, 0.25) is 0 Å². The molecular formula is C7H13F3O. The third-order valence-electron chi connectivity index (χ3n) is 1.35. The van der Waals surface area contributed by atoms with Crippen LogP contribution in [-0.4, -0.2) is 18.4 Å². The van der Waals surface area contributed by atoms with Crippen LogP contribution in [0.4, 0.5) is 13.2 Å². The molecule has 0 radical (unpaired) electrons. The van der Waals surface area contributed by atoms with E-state index in [1.807, 2.05) is 0 Å². The van der Waals surface area contributed by atoms with Crippen molar-refractivity contribution in [3.63, 3.8) is 0 Å². The van der Waals surface area contributed by atoms with Crippen LogP contribution in [0.15, 0.2) is 0 Å². The van der Waals surface area contributed by atoms with Crippen molar-refractivity contribution in [1.29, 1.82) is 0 Å². The summed E-state index contributed by atoms with van der Waals surface area (Å²) in [7, 11) is 0. The van der Waals surface area contributed by atoms with E-state index in [0.29, 0.717) is 6.42 Å². The molecule has 0 N–H and O–H groups in total. The summed E-state index contributed by atoms with van der Waals surface area (Å²) in [5.41, 5.74) is -2.01. The predicted molar refractivity (Wildman–Crippen MR) is 36.4 cm³/mol. The molecule has 0 fully saturated rings. The SMILES string of the molecule is CCCOC(C)(C)C(F)(F)F. The third-order valence-corrected chi connectivity index (χ3v) is 1.35. The van der Waals surface area contributed by atoms with Crippen molar-refractivity contribution in [1.82, 2.24) is 0 Å². The summed E-state index contributed by atoms with van der Waals surface area (Å²) in [6, 6.07) is 0. The lowest BCUT2D eigenvalue weighted by molar-refractivity contribution is -0.263. The standard InChI is InChI=1S/C7H13F3O/c1-4-5-11-6(2,3)7(8,9)10/h4-5H2,1-3H3. The minimum absolute atomic E-state index is 0.145. The lowest BCUT2D eigenvalue weighted by atomic mass is 10.1.